The van der Waals surface area contributed by atoms with Crippen LogP contribution in [0, 0.1) is 6.92 Å². The van der Waals surface area contributed by atoms with Gasteiger partial charge in [0.05, 0.1) is 0 Å². The van der Waals surface area contributed by atoms with E-state index in [0.717, 1.165) is 43.4 Å². The summed E-state index contributed by atoms with van der Waals surface area (Å²) in [6, 6.07) is 19.3. The molecule has 0 fully saturated rings. The van der Waals surface area contributed by atoms with Crippen LogP contribution >= 0.6 is 0 Å². The van der Waals surface area contributed by atoms with E-state index in [9.17, 15) is 0 Å². The van der Waals surface area contributed by atoms with E-state index in [-0.39, 0.29) is 0 Å². The molecule has 0 bridgehead atoms. The standard InChI is InChI=1S/C21H20N4/c1-15-14-20(24-12-10-16-6-2-4-8-18(16)24)23-21(22-15)25-13-11-17-7-3-5-9-19(17)25/h2-9,14H,10-13H2,1H3. The molecule has 3 aromatic rings. The van der Waals surface area contributed by atoms with Crippen LogP contribution in [0.2, 0.25) is 0 Å². The van der Waals surface area contributed by atoms with Gasteiger partial charge in [-0.05, 0) is 43.0 Å². The Hall–Kier alpha value is -2.88. The molecule has 3 heterocycles. The molecule has 2 aliphatic rings. The van der Waals surface area contributed by atoms with Crippen LogP contribution in [-0.2, 0) is 12.8 Å². The van der Waals surface area contributed by atoms with Gasteiger partial charge < -0.3 is 9.80 Å². The van der Waals surface area contributed by atoms with Crippen LogP contribution in [0.4, 0.5) is 23.1 Å². The van der Waals surface area contributed by atoms with Crippen molar-refractivity contribution in [2.45, 2.75) is 19.8 Å². The predicted molar refractivity (Wildman–Crippen MR) is 101 cm³/mol. The lowest BCUT2D eigenvalue weighted by molar-refractivity contribution is 0.907. The van der Waals surface area contributed by atoms with Crippen molar-refractivity contribution in [1.29, 1.82) is 0 Å². The predicted octanol–water partition coefficient (Wildman–Crippen LogP) is 4.17. The lowest BCUT2D eigenvalue weighted by Crippen LogP contribution is -2.20. The van der Waals surface area contributed by atoms with E-state index >= 15 is 0 Å². The van der Waals surface area contributed by atoms with Crippen LogP contribution in [-0.4, -0.2) is 23.1 Å². The minimum atomic E-state index is 0.810. The molecule has 4 nitrogen and oxygen atoms in total. The number of aryl methyl sites for hydroxylation is 1. The second-order valence-electron chi connectivity index (χ2n) is 6.73. The fourth-order valence-electron chi connectivity index (χ4n) is 3.92. The van der Waals surface area contributed by atoms with Gasteiger partial charge >= 0.3 is 0 Å². The van der Waals surface area contributed by atoms with Crippen molar-refractivity contribution < 1.29 is 0 Å². The van der Waals surface area contributed by atoms with Gasteiger partial charge in [0.1, 0.15) is 5.82 Å². The van der Waals surface area contributed by atoms with Gasteiger partial charge in [-0.25, -0.2) is 4.98 Å². The van der Waals surface area contributed by atoms with E-state index in [1.807, 2.05) is 0 Å². The van der Waals surface area contributed by atoms with Crippen molar-refractivity contribution >= 4 is 23.1 Å². The molecular formula is C21H20N4. The van der Waals surface area contributed by atoms with Gasteiger partial charge in [0.25, 0.3) is 0 Å². The van der Waals surface area contributed by atoms with Crippen LogP contribution in [0.1, 0.15) is 16.8 Å². The molecular weight excluding hydrogens is 308 g/mol. The first-order valence-electron chi connectivity index (χ1n) is 8.86. The highest BCUT2D eigenvalue weighted by Gasteiger charge is 2.25. The Morgan fingerprint density at radius 1 is 0.760 bits per heavy atom. The summed E-state index contributed by atoms with van der Waals surface area (Å²) in [5, 5.41) is 0. The van der Waals surface area contributed by atoms with Crippen molar-refractivity contribution in [2.75, 3.05) is 22.9 Å². The second-order valence-corrected chi connectivity index (χ2v) is 6.73. The van der Waals surface area contributed by atoms with E-state index in [1.165, 1.54) is 22.5 Å². The molecule has 2 aromatic carbocycles. The zero-order valence-corrected chi connectivity index (χ0v) is 14.3. The highest BCUT2D eigenvalue weighted by Crippen LogP contribution is 2.36. The van der Waals surface area contributed by atoms with Gasteiger partial charge in [-0.3, -0.25) is 0 Å². The maximum Gasteiger partial charge on any atom is 0.232 e. The molecule has 0 radical (unpaired) electrons. The highest BCUT2D eigenvalue weighted by molar-refractivity contribution is 5.70. The summed E-state index contributed by atoms with van der Waals surface area (Å²) in [6.45, 7) is 3.98. The van der Waals surface area contributed by atoms with Gasteiger partial charge in [-0.15, -0.1) is 0 Å². The summed E-state index contributed by atoms with van der Waals surface area (Å²) >= 11 is 0. The Balaban J connectivity index is 1.57. The molecule has 0 N–H and O–H groups in total. The van der Waals surface area contributed by atoms with Crippen molar-refractivity contribution in [2.24, 2.45) is 0 Å². The quantitative estimate of drug-likeness (QED) is 0.706. The monoisotopic (exact) mass is 328 g/mol. The average Bonchev–Trinajstić information content (AvgIpc) is 3.25. The molecule has 124 valence electrons. The largest absolute Gasteiger partial charge is 0.326 e. The number of para-hydroxylation sites is 2. The zero-order valence-electron chi connectivity index (χ0n) is 14.3. The first kappa shape index (κ1) is 14.5. The third kappa shape index (κ3) is 2.37. The molecule has 0 aliphatic carbocycles. The van der Waals surface area contributed by atoms with Crippen molar-refractivity contribution in [1.82, 2.24) is 9.97 Å². The molecule has 0 amide bonds. The number of aromatic nitrogens is 2. The molecule has 0 atom stereocenters. The first-order chi connectivity index (χ1) is 12.3. The molecule has 25 heavy (non-hydrogen) atoms. The Bertz CT molecular complexity index is 876. The Morgan fingerprint density at radius 2 is 1.36 bits per heavy atom. The van der Waals surface area contributed by atoms with E-state index in [1.54, 1.807) is 0 Å². The van der Waals surface area contributed by atoms with Crippen LogP contribution < -0.4 is 9.80 Å². The molecule has 0 unspecified atom stereocenters. The minimum Gasteiger partial charge on any atom is -0.326 e. The molecule has 0 saturated heterocycles. The van der Waals surface area contributed by atoms with E-state index in [4.69, 9.17) is 9.97 Å². The fourth-order valence-corrected chi connectivity index (χ4v) is 3.92. The lowest BCUT2D eigenvalue weighted by atomic mass is 10.2. The van der Waals surface area contributed by atoms with Crippen molar-refractivity contribution in [3.05, 3.63) is 71.4 Å². The summed E-state index contributed by atoms with van der Waals surface area (Å²) in [5.74, 6) is 1.81. The number of hydrogen-bond donors (Lipinski definition) is 0. The van der Waals surface area contributed by atoms with Gasteiger partial charge in [0.2, 0.25) is 5.95 Å². The maximum absolute atomic E-state index is 4.94. The topological polar surface area (TPSA) is 32.3 Å². The third-order valence-electron chi connectivity index (χ3n) is 5.12. The van der Waals surface area contributed by atoms with E-state index < -0.39 is 0 Å². The SMILES string of the molecule is Cc1cc(N2CCc3ccccc32)nc(N2CCc3ccccc32)n1. The van der Waals surface area contributed by atoms with E-state index in [2.05, 4.69) is 71.3 Å². The average molecular weight is 328 g/mol. The lowest BCUT2D eigenvalue weighted by Gasteiger charge is -2.22. The summed E-state index contributed by atoms with van der Waals surface area (Å²) in [4.78, 5) is 14.2. The van der Waals surface area contributed by atoms with Crippen molar-refractivity contribution in [3.8, 4) is 0 Å². The molecule has 0 spiro atoms. The number of fused-ring (bicyclic) bond motifs is 2. The van der Waals surface area contributed by atoms with Gasteiger partial charge in [0, 0.05) is 36.2 Å². The number of nitrogens with zero attached hydrogens (tertiary/aromatic N) is 4. The Kier molecular flexibility index (Phi) is 3.23. The van der Waals surface area contributed by atoms with Gasteiger partial charge in [-0.1, -0.05) is 36.4 Å². The Morgan fingerprint density at radius 3 is 2.08 bits per heavy atom. The van der Waals surface area contributed by atoms with Crippen LogP contribution in [0.15, 0.2) is 54.6 Å². The fraction of sp³-hybridized carbons (Fsp3) is 0.238. The number of benzene rings is 2. The maximum atomic E-state index is 4.94. The summed E-state index contributed by atoms with van der Waals surface area (Å²) < 4.78 is 0. The molecule has 1 aromatic heterocycles. The summed E-state index contributed by atoms with van der Waals surface area (Å²) in [7, 11) is 0. The van der Waals surface area contributed by atoms with Crippen molar-refractivity contribution in [3.63, 3.8) is 0 Å². The number of anilines is 4. The van der Waals surface area contributed by atoms with Gasteiger partial charge in [-0.2, -0.15) is 4.98 Å². The first-order valence-corrected chi connectivity index (χ1v) is 8.86. The molecule has 5 rings (SSSR count). The smallest absolute Gasteiger partial charge is 0.232 e. The third-order valence-corrected chi connectivity index (χ3v) is 5.12. The summed E-state index contributed by atoms with van der Waals surface area (Å²) in [5.41, 5.74) is 6.29. The molecule has 2 aliphatic heterocycles. The summed E-state index contributed by atoms with van der Waals surface area (Å²) in [6.07, 6.45) is 2.12. The number of hydrogen-bond acceptors (Lipinski definition) is 4. The Labute approximate surface area is 147 Å². The van der Waals surface area contributed by atoms with E-state index in [0.29, 0.717) is 0 Å². The minimum absolute atomic E-state index is 0.810. The van der Waals surface area contributed by atoms with Crippen LogP contribution in [0.5, 0.6) is 0 Å². The van der Waals surface area contributed by atoms with Crippen LogP contribution in [0.3, 0.4) is 0 Å². The molecule has 0 saturated carbocycles. The van der Waals surface area contributed by atoms with Crippen LogP contribution in [0.25, 0.3) is 0 Å². The number of rotatable bonds is 2. The van der Waals surface area contributed by atoms with Gasteiger partial charge in [0.15, 0.2) is 0 Å². The highest BCUT2D eigenvalue weighted by atomic mass is 15.3. The zero-order chi connectivity index (χ0) is 16.8. The molecule has 4 heteroatoms. The second kappa shape index (κ2) is 5.59. The normalized spacial score (nSPS) is 15.4.